The van der Waals surface area contributed by atoms with Gasteiger partial charge in [0, 0.05) is 33.2 Å². The van der Waals surface area contributed by atoms with Crippen LogP contribution in [-0.4, -0.2) is 69.9 Å². The van der Waals surface area contributed by atoms with E-state index in [4.69, 9.17) is 15.2 Å². The smallest absolute Gasteiger partial charge is 0.410 e. The van der Waals surface area contributed by atoms with Gasteiger partial charge in [-0.05, 0) is 38.1 Å². The van der Waals surface area contributed by atoms with Crippen LogP contribution in [-0.2, 0) is 22.6 Å². The molecule has 0 bridgehead atoms. The van der Waals surface area contributed by atoms with Gasteiger partial charge in [-0.1, -0.05) is 0 Å². The molecule has 10 heteroatoms. The Morgan fingerprint density at radius 2 is 2.14 bits per heavy atom. The van der Waals surface area contributed by atoms with Gasteiger partial charge < -0.3 is 25.4 Å². The number of anilines is 1. The summed E-state index contributed by atoms with van der Waals surface area (Å²) in [4.78, 5) is 27.4. The molecule has 4 heterocycles. The SMILES string of the molecule is COCn1cnc2c(N)nc(CCC3CCN(C(=O)OC4CCNC4)CC3)nc21. The second kappa shape index (κ2) is 8.91. The van der Waals surface area contributed by atoms with E-state index in [2.05, 4.69) is 20.3 Å². The number of ether oxygens (including phenoxy) is 2. The van der Waals surface area contributed by atoms with Crippen molar-refractivity contribution >= 4 is 23.1 Å². The monoisotopic (exact) mass is 403 g/mol. The third-order valence-electron chi connectivity index (χ3n) is 5.74. The largest absolute Gasteiger partial charge is 0.445 e. The predicted molar refractivity (Wildman–Crippen MR) is 107 cm³/mol. The minimum Gasteiger partial charge on any atom is -0.445 e. The van der Waals surface area contributed by atoms with Crippen LogP contribution < -0.4 is 11.1 Å². The number of fused-ring (bicyclic) bond motifs is 1. The summed E-state index contributed by atoms with van der Waals surface area (Å²) in [6.45, 7) is 3.54. The number of hydrogen-bond acceptors (Lipinski definition) is 8. The van der Waals surface area contributed by atoms with Gasteiger partial charge in [-0.2, -0.15) is 0 Å². The number of piperidine rings is 1. The molecule has 4 rings (SSSR count). The number of methoxy groups -OCH3 is 1. The molecule has 1 amide bonds. The minimum atomic E-state index is -0.176. The van der Waals surface area contributed by atoms with Crippen LogP contribution >= 0.6 is 0 Å². The lowest BCUT2D eigenvalue weighted by atomic mass is 9.92. The molecule has 29 heavy (non-hydrogen) atoms. The van der Waals surface area contributed by atoms with Gasteiger partial charge in [-0.25, -0.2) is 19.7 Å². The molecule has 0 spiro atoms. The number of nitrogens with zero attached hydrogens (tertiary/aromatic N) is 5. The number of aromatic nitrogens is 4. The zero-order valence-corrected chi connectivity index (χ0v) is 16.8. The molecular weight excluding hydrogens is 374 g/mol. The molecule has 2 aliphatic rings. The number of amides is 1. The summed E-state index contributed by atoms with van der Waals surface area (Å²) in [5.74, 6) is 1.67. The molecule has 2 fully saturated rings. The number of aryl methyl sites for hydroxylation is 1. The van der Waals surface area contributed by atoms with Crippen LogP contribution in [0, 0.1) is 5.92 Å². The molecule has 2 aromatic heterocycles. The Balaban J connectivity index is 1.29. The van der Waals surface area contributed by atoms with Crippen molar-refractivity contribution in [3.8, 4) is 0 Å². The van der Waals surface area contributed by atoms with Crippen LogP contribution in [0.1, 0.15) is 31.5 Å². The van der Waals surface area contributed by atoms with E-state index in [1.54, 1.807) is 13.4 Å². The van der Waals surface area contributed by atoms with Crippen LogP contribution in [0.5, 0.6) is 0 Å². The highest BCUT2D eigenvalue weighted by atomic mass is 16.6. The molecule has 2 aromatic rings. The highest BCUT2D eigenvalue weighted by Crippen LogP contribution is 2.24. The van der Waals surface area contributed by atoms with Gasteiger partial charge in [-0.3, -0.25) is 4.57 Å². The van der Waals surface area contributed by atoms with E-state index in [-0.39, 0.29) is 12.2 Å². The Bertz CT molecular complexity index is 842. The van der Waals surface area contributed by atoms with Crippen molar-refractivity contribution in [1.82, 2.24) is 29.7 Å². The molecule has 10 nitrogen and oxygen atoms in total. The fourth-order valence-electron chi connectivity index (χ4n) is 4.04. The van der Waals surface area contributed by atoms with Crippen LogP contribution in [0.25, 0.3) is 11.2 Å². The van der Waals surface area contributed by atoms with Crippen molar-refractivity contribution < 1.29 is 14.3 Å². The fraction of sp³-hybridized carbons (Fsp3) is 0.684. The third-order valence-corrected chi connectivity index (χ3v) is 5.74. The van der Waals surface area contributed by atoms with E-state index in [0.29, 0.717) is 29.6 Å². The Hall–Kier alpha value is -2.46. The number of imidazole rings is 1. The second-order valence-electron chi connectivity index (χ2n) is 7.80. The van der Waals surface area contributed by atoms with Crippen LogP contribution in [0.15, 0.2) is 6.33 Å². The number of nitrogens with two attached hydrogens (primary N) is 1. The summed E-state index contributed by atoms with van der Waals surface area (Å²) in [7, 11) is 1.63. The Labute approximate surface area is 169 Å². The number of carbonyl (C=O) groups is 1. The quantitative estimate of drug-likeness (QED) is 0.737. The molecule has 1 unspecified atom stereocenters. The number of hydrogen-bond donors (Lipinski definition) is 2. The maximum atomic E-state index is 12.3. The van der Waals surface area contributed by atoms with Crippen molar-refractivity contribution in [2.75, 3.05) is 39.0 Å². The Kier molecular flexibility index (Phi) is 6.10. The second-order valence-corrected chi connectivity index (χ2v) is 7.80. The average Bonchev–Trinajstić information content (AvgIpc) is 3.38. The molecule has 3 N–H and O–H groups in total. The van der Waals surface area contributed by atoms with Crippen LogP contribution in [0.4, 0.5) is 10.6 Å². The molecule has 0 aromatic carbocycles. The molecule has 1 atom stereocenters. The first-order chi connectivity index (χ1) is 14.1. The van der Waals surface area contributed by atoms with Gasteiger partial charge in [0.05, 0.1) is 6.33 Å². The van der Waals surface area contributed by atoms with Crippen molar-refractivity contribution in [3.05, 3.63) is 12.2 Å². The normalized spacial score (nSPS) is 20.4. The van der Waals surface area contributed by atoms with Gasteiger partial charge in [0.1, 0.15) is 24.2 Å². The van der Waals surface area contributed by atoms with Gasteiger partial charge in [-0.15, -0.1) is 0 Å². The first-order valence-corrected chi connectivity index (χ1v) is 10.3. The minimum absolute atomic E-state index is 0.0179. The lowest BCUT2D eigenvalue weighted by Gasteiger charge is -2.32. The predicted octanol–water partition coefficient (Wildman–Crippen LogP) is 1.16. The number of carbonyl (C=O) groups excluding carboxylic acids is 1. The Morgan fingerprint density at radius 1 is 1.31 bits per heavy atom. The topological polar surface area (TPSA) is 120 Å². The molecule has 2 aliphatic heterocycles. The van der Waals surface area contributed by atoms with Gasteiger partial charge >= 0.3 is 6.09 Å². The number of nitrogen functional groups attached to an aromatic ring is 1. The van der Waals surface area contributed by atoms with Crippen LogP contribution in [0.3, 0.4) is 0 Å². The maximum Gasteiger partial charge on any atom is 0.410 e. The lowest BCUT2D eigenvalue weighted by Crippen LogP contribution is -2.40. The summed E-state index contributed by atoms with van der Waals surface area (Å²) in [5.41, 5.74) is 7.37. The summed E-state index contributed by atoms with van der Waals surface area (Å²) >= 11 is 0. The lowest BCUT2D eigenvalue weighted by molar-refractivity contribution is 0.0591. The number of likely N-dealkylation sites (tertiary alicyclic amines) is 1. The number of nitrogens with one attached hydrogen (secondary N) is 1. The summed E-state index contributed by atoms with van der Waals surface area (Å²) in [5, 5.41) is 3.21. The zero-order chi connectivity index (χ0) is 20.2. The van der Waals surface area contributed by atoms with E-state index in [1.807, 2.05) is 9.47 Å². The molecule has 0 saturated carbocycles. The first-order valence-electron chi connectivity index (χ1n) is 10.3. The van der Waals surface area contributed by atoms with Crippen LogP contribution in [0.2, 0.25) is 0 Å². The third kappa shape index (κ3) is 4.59. The van der Waals surface area contributed by atoms with Gasteiger partial charge in [0.2, 0.25) is 0 Å². The first kappa shape index (κ1) is 19.8. The van der Waals surface area contributed by atoms with Crippen molar-refractivity contribution in [2.45, 2.75) is 44.9 Å². The van der Waals surface area contributed by atoms with E-state index in [0.717, 1.165) is 64.1 Å². The highest BCUT2D eigenvalue weighted by Gasteiger charge is 2.27. The molecular formula is C19H29N7O3. The van der Waals surface area contributed by atoms with Crippen molar-refractivity contribution in [1.29, 1.82) is 0 Å². The van der Waals surface area contributed by atoms with Crippen molar-refractivity contribution in [3.63, 3.8) is 0 Å². The zero-order valence-electron chi connectivity index (χ0n) is 16.8. The molecule has 2 saturated heterocycles. The standard InChI is InChI=1S/C19H29N7O3/c1-28-12-26-11-22-16-17(20)23-15(24-18(16)26)3-2-13-5-8-25(9-6-13)19(27)29-14-4-7-21-10-14/h11,13-14,21H,2-10,12H2,1H3,(H2,20,23,24). The molecule has 0 radical (unpaired) electrons. The highest BCUT2D eigenvalue weighted by molar-refractivity contribution is 5.81. The van der Waals surface area contributed by atoms with Crippen molar-refractivity contribution in [2.24, 2.45) is 5.92 Å². The van der Waals surface area contributed by atoms with E-state index in [9.17, 15) is 4.79 Å². The number of rotatable bonds is 6. The van der Waals surface area contributed by atoms with E-state index < -0.39 is 0 Å². The van der Waals surface area contributed by atoms with Gasteiger partial charge in [0.15, 0.2) is 11.5 Å². The summed E-state index contributed by atoms with van der Waals surface area (Å²) in [6, 6.07) is 0. The van der Waals surface area contributed by atoms with E-state index >= 15 is 0 Å². The fourth-order valence-corrected chi connectivity index (χ4v) is 4.04. The summed E-state index contributed by atoms with van der Waals surface area (Å²) in [6.07, 6.45) is 6.07. The molecule has 0 aliphatic carbocycles. The maximum absolute atomic E-state index is 12.3. The Morgan fingerprint density at radius 3 is 2.86 bits per heavy atom. The average molecular weight is 403 g/mol. The summed E-state index contributed by atoms with van der Waals surface area (Å²) < 4.78 is 12.6. The molecule has 158 valence electrons. The van der Waals surface area contributed by atoms with Gasteiger partial charge in [0.25, 0.3) is 0 Å². The van der Waals surface area contributed by atoms with E-state index in [1.165, 1.54) is 0 Å².